The Bertz CT molecular complexity index is 397. The molecule has 0 nitrogen and oxygen atoms in total. The number of hydrogen-bond donors (Lipinski definition) is 0. The molecule has 0 fully saturated rings. The molecule has 0 aliphatic rings. The van der Waals surface area contributed by atoms with E-state index in [0.29, 0.717) is 0 Å². The van der Waals surface area contributed by atoms with Crippen molar-refractivity contribution in [1.29, 1.82) is 0 Å². The van der Waals surface area contributed by atoms with E-state index in [9.17, 15) is 0 Å². The number of allylic oxidation sites excluding steroid dienone is 1. The second kappa shape index (κ2) is 3.40. The van der Waals surface area contributed by atoms with Gasteiger partial charge in [-0.3, -0.25) is 0 Å². The summed E-state index contributed by atoms with van der Waals surface area (Å²) in [5.74, 6) is 0. The van der Waals surface area contributed by atoms with E-state index in [2.05, 4.69) is 38.3 Å². The topological polar surface area (TPSA) is 0 Å². The van der Waals surface area contributed by atoms with E-state index >= 15 is 0 Å². The SMILES string of the molecule is C=C(C)/C=c1/cccc(C)c1=C. The molecular formula is C12H14. The Hall–Kier alpha value is -1.30. The van der Waals surface area contributed by atoms with Crippen LogP contribution >= 0.6 is 0 Å². The van der Waals surface area contributed by atoms with Crippen molar-refractivity contribution >= 4 is 12.7 Å². The maximum atomic E-state index is 4.00. The van der Waals surface area contributed by atoms with Gasteiger partial charge in [0.1, 0.15) is 0 Å². The molecule has 0 radical (unpaired) electrons. The lowest BCUT2D eigenvalue weighted by Gasteiger charge is -1.94. The largest absolute Gasteiger partial charge is 0.0961 e. The van der Waals surface area contributed by atoms with Gasteiger partial charge in [0, 0.05) is 0 Å². The van der Waals surface area contributed by atoms with Crippen molar-refractivity contribution in [3.63, 3.8) is 0 Å². The van der Waals surface area contributed by atoms with Gasteiger partial charge in [-0.2, -0.15) is 0 Å². The fraction of sp³-hybridized carbons (Fsp3) is 0.167. The van der Waals surface area contributed by atoms with E-state index in [4.69, 9.17) is 0 Å². The average molecular weight is 158 g/mol. The zero-order valence-corrected chi connectivity index (χ0v) is 7.72. The average Bonchev–Trinajstić information content (AvgIpc) is 1.98. The van der Waals surface area contributed by atoms with E-state index < -0.39 is 0 Å². The van der Waals surface area contributed by atoms with Crippen molar-refractivity contribution in [2.24, 2.45) is 0 Å². The Kier molecular flexibility index (Phi) is 2.49. The first-order valence-corrected chi connectivity index (χ1v) is 4.03. The summed E-state index contributed by atoms with van der Waals surface area (Å²) in [5.41, 5.74) is 2.29. The fourth-order valence-electron chi connectivity index (χ4n) is 1.13. The molecule has 0 heteroatoms. The number of aryl methyl sites for hydroxylation is 1. The molecule has 0 atom stereocenters. The van der Waals surface area contributed by atoms with Gasteiger partial charge in [-0.15, -0.1) is 0 Å². The summed E-state index contributed by atoms with van der Waals surface area (Å²) in [5, 5.41) is 2.27. The highest BCUT2D eigenvalue weighted by molar-refractivity contribution is 5.44. The minimum Gasteiger partial charge on any atom is -0.0961 e. The Balaban J connectivity index is 3.46. The zero-order chi connectivity index (χ0) is 9.14. The van der Waals surface area contributed by atoms with Crippen LogP contribution in [-0.2, 0) is 0 Å². The van der Waals surface area contributed by atoms with E-state index in [1.807, 2.05) is 13.0 Å². The number of benzene rings is 1. The molecule has 1 rings (SSSR count). The third kappa shape index (κ3) is 1.85. The second-order valence-electron chi connectivity index (χ2n) is 3.13. The van der Waals surface area contributed by atoms with Gasteiger partial charge >= 0.3 is 0 Å². The minimum atomic E-state index is 1.06. The minimum absolute atomic E-state index is 1.06. The molecule has 0 spiro atoms. The Morgan fingerprint density at radius 2 is 2.08 bits per heavy atom. The van der Waals surface area contributed by atoms with Gasteiger partial charge in [0.05, 0.1) is 0 Å². The fourth-order valence-corrected chi connectivity index (χ4v) is 1.13. The molecule has 0 N–H and O–H groups in total. The predicted octanol–water partition coefficient (Wildman–Crippen LogP) is 1.76. The molecule has 0 saturated heterocycles. The lowest BCUT2D eigenvalue weighted by molar-refractivity contribution is 1.37. The van der Waals surface area contributed by atoms with Crippen molar-refractivity contribution in [3.8, 4) is 0 Å². The van der Waals surface area contributed by atoms with Crippen LogP contribution in [0.2, 0.25) is 0 Å². The summed E-state index contributed by atoms with van der Waals surface area (Å²) in [6.07, 6.45) is 2.05. The molecule has 0 saturated carbocycles. The van der Waals surface area contributed by atoms with Crippen LogP contribution in [0.15, 0.2) is 30.4 Å². The summed E-state index contributed by atoms with van der Waals surface area (Å²) in [7, 11) is 0. The molecule has 1 aromatic rings. The smallest absolute Gasteiger partial charge is 0.0185 e. The van der Waals surface area contributed by atoms with Gasteiger partial charge in [-0.05, 0) is 29.8 Å². The highest BCUT2D eigenvalue weighted by Gasteiger charge is 1.86. The van der Waals surface area contributed by atoms with Crippen molar-refractivity contribution < 1.29 is 0 Å². The second-order valence-corrected chi connectivity index (χ2v) is 3.13. The third-order valence-electron chi connectivity index (χ3n) is 1.85. The Morgan fingerprint density at radius 3 is 2.67 bits per heavy atom. The van der Waals surface area contributed by atoms with Crippen LogP contribution in [0.4, 0.5) is 0 Å². The van der Waals surface area contributed by atoms with Gasteiger partial charge < -0.3 is 0 Å². The highest BCUT2D eigenvalue weighted by atomic mass is 13.9. The number of rotatable bonds is 1. The summed E-state index contributed by atoms with van der Waals surface area (Å²) in [4.78, 5) is 0. The maximum absolute atomic E-state index is 4.00. The van der Waals surface area contributed by atoms with E-state index in [1.54, 1.807) is 0 Å². The Morgan fingerprint density at radius 1 is 1.42 bits per heavy atom. The van der Waals surface area contributed by atoms with Gasteiger partial charge in [-0.1, -0.05) is 43.0 Å². The van der Waals surface area contributed by atoms with Crippen LogP contribution in [0, 0.1) is 6.92 Å². The van der Waals surface area contributed by atoms with Gasteiger partial charge in [-0.25, -0.2) is 0 Å². The van der Waals surface area contributed by atoms with Crippen molar-refractivity contribution in [2.75, 3.05) is 0 Å². The van der Waals surface area contributed by atoms with Crippen LogP contribution in [0.25, 0.3) is 12.7 Å². The van der Waals surface area contributed by atoms with Crippen LogP contribution in [0.5, 0.6) is 0 Å². The first-order chi connectivity index (χ1) is 5.61. The van der Waals surface area contributed by atoms with Crippen LogP contribution in [0.3, 0.4) is 0 Å². The quantitative estimate of drug-likeness (QED) is 0.584. The van der Waals surface area contributed by atoms with Gasteiger partial charge in [0.15, 0.2) is 0 Å². The molecule has 0 unspecified atom stereocenters. The molecule has 62 valence electrons. The zero-order valence-electron chi connectivity index (χ0n) is 7.72. The van der Waals surface area contributed by atoms with Crippen LogP contribution < -0.4 is 10.4 Å². The van der Waals surface area contributed by atoms with Crippen molar-refractivity contribution in [2.45, 2.75) is 13.8 Å². The molecule has 12 heavy (non-hydrogen) atoms. The lowest BCUT2D eigenvalue weighted by atomic mass is 10.1. The molecule has 0 aromatic heterocycles. The molecule has 1 aromatic carbocycles. The summed E-state index contributed by atoms with van der Waals surface area (Å²) in [6, 6.07) is 6.17. The maximum Gasteiger partial charge on any atom is -0.0185 e. The summed E-state index contributed by atoms with van der Waals surface area (Å²) >= 11 is 0. The Labute approximate surface area is 73.6 Å². The molecule has 0 aliphatic heterocycles. The monoisotopic (exact) mass is 158 g/mol. The van der Waals surface area contributed by atoms with E-state index in [1.165, 1.54) is 10.8 Å². The molecular weight excluding hydrogens is 144 g/mol. The molecule has 0 amide bonds. The van der Waals surface area contributed by atoms with Gasteiger partial charge in [0.2, 0.25) is 0 Å². The van der Waals surface area contributed by atoms with E-state index in [0.717, 1.165) is 10.8 Å². The molecule has 0 heterocycles. The van der Waals surface area contributed by atoms with Crippen LogP contribution in [-0.4, -0.2) is 0 Å². The summed E-state index contributed by atoms with van der Waals surface area (Å²) in [6.45, 7) is 11.9. The first-order valence-electron chi connectivity index (χ1n) is 4.03. The summed E-state index contributed by atoms with van der Waals surface area (Å²) < 4.78 is 0. The lowest BCUT2D eigenvalue weighted by Crippen LogP contribution is -2.25. The number of hydrogen-bond acceptors (Lipinski definition) is 0. The molecule has 0 bridgehead atoms. The van der Waals surface area contributed by atoms with Crippen molar-refractivity contribution in [3.05, 3.63) is 46.4 Å². The predicted molar refractivity (Wildman–Crippen MR) is 55.2 cm³/mol. The third-order valence-corrected chi connectivity index (χ3v) is 1.85. The first kappa shape index (κ1) is 8.79. The van der Waals surface area contributed by atoms with E-state index in [-0.39, 0.29) is 0 Å². The standard InChI is InChI=1S/C12H14/c1-9(2)8-12-7-5-6-10(3)11(12)4/h5-8H,1,4H2,2-3H3/b12-8-. The van der Waals surface area contributed by atoms with Gasteiger partial charge in [0.25, 0.3) is 0 Å². The highest BCUT2D eigenvalue weighted by Crippen LogP contribution is 1.87. The molecule has 0 aliphatic carbocycles. The normalized spacial score (nSPS) is 11.7. The van der Waals surface area contributed by atoms with Crippen LogP contribution in [0.1, 0.15) is 12.5 Å². The van der Waals surface area contributed by atoms with Crippen molar-refractivity contribution in [1.82, 2.24) is 0 Å².